The molecule has 0 radical (unpaired) electrons. The molecule has 1 amide bonds. The van der Waals surface area contributed by atoms with Crippen molar-refractivity contribution in [3.63, 3.8) is 0 Å². The molecule has 0 saturated carbocycles. The van der Waals surface area contributed by atoms with Crippen molar-refractivity contribution in [3.05, 3.63) is 82.2 Å². The van der Waals surface area contributed by atoms with E-state index >= 15 is 0 Å². The van der Waals surface area contributed by atoms with Gasteiger partial charge in [-0.3, -0.25) is 4.79 Å². The molecule has 2 saturated heterocycles. The monoisotopic (exact) mass is 424 g/mol. The maximum Gasteiger partial charge on any atom is 0.217 e. The highest BCUT2D eigenvalue weighted by Gasteiger charge is 2.50. The normalized spacial score (nSPS) is 30.0. The van der Waals surface area contributed by atoms with E-state index in [0.717, 1.165) is 11.1 Å². The summed E-state index contributed by atoms with van der Waals surface area (Å²) < 4.78 is 24.3. The van der Waals surface area contributed by atoms with Crippen LogP contribution in [-0.4, -0.2) is 43.1 Å². The lowest BCUT2D eigenvalue weighted by Gasteiger charge is -2.48. The molecular formula is C22H24N4O5. The first-order chi connectivity index (χ1) is 15.2. The van der Waals surface area contributed by atoms with Crippen molar-refractivity contribution >= 4 is 5.91 Å². The second kappa shape index (κ2) is 9.91. The van der Waals surface area contributed by atoms with Gasteiger partial charge in [0.25, 0.3) is 0 Å². The van der Waals surface area contributed by atoms with Gasteiger partial charge in [-0.2, -0.15) is 0 Å². The number of nitrogens with zero attached hydrogens (tertiary/aromatic N) is 3. The number of hydrogen-bond donors (Lipinski definition) is 1. The molecule has 2 fully saturated rings. The lowest BCUT2D eigenvalue weighted by molar-refractivity contribution is -0.320. The van der Waals surface area contributed by atoms with E-state index in [0.29, 0.717) is 6.61 Å². The number of azide groups is 1. The molecule has 9 heteroatoms. The second-order valence-electron chi connectivity index (χ2n) is 7.43. The van der Waals surface area contributed by atoms with E-state index in [2.05, 4.69) is 15.3 Å². The number of carbonyl (C=O) groups excluding carboxylic acids is 1. The van der Waals surface area contributed by atoms with Gasteiger partial charge in [0.15, 0.2) is 12.5 Å². The van der Waals surface area contributed by atoms with Crippen molar-refractivity contribution in [2.75, 3.05) is 6.61 Å². The van der Waals surface area contributed by atoms with E-state index in [9.17, 15) is 4.79 Å². The molecule has 162 valence electrons. The first-order valence-electron chi connectivity index (χ1n) is 10.1. The fourth-order valence-electron chi connectivity index (χ4n) is 3.87. The topological polar surface area (TPSA) is 115 Å². The van der Waals surface area contributed by atoms with Gasteiger partial charge in [0.05, 0.1) is 19.3 Å². The molecular weight excluding hydrogens is 400 g/mol. The van der Waals surface area contributed by atoms with Crippen LogP contribution in [0.4, 0.5) is 0 Å². The van der Waals surface area contributed by atoms with Crippen LogP contribution in [0.5, 0.6) is 0 Å². The van der Waals surface area contributed by atoms with Crippen LogP contribution < -0.4 is 5.32 Å². The number of benzene rings is 2. The quantitative estimate of drug-likeness (QED) is 0.434. The number of ether oxygens (including phenoxy) is 4. The third-order valence-electron chi connectivity index (χ3n) is 5.25. The van der Waals surface area contributed by atoms with E-state index in [-0.39, 0.29) is 12.5 Å². The molecule has 4 rings (SSSR count). The highest BCUT2D eigenvalue weighted by atomic mass is 16.7. The summed E-state index contributed by atoms with van der Waals surface area (Å²) in [5.41, 5.74) is 10.9. The van der Waals surface area contributed by atoms with Crippen LogP contribution in [0.25, 0.3) is 10.4 Å². The van der Waals surface area contributed by atoms with Crippen LogP contribution in [0.1, 0.15) is 24.3 Å². The van der Waals surface area contributed by atoms with Gasteiger partial charge < -0.3 is 24.3 Å². The zero-order chi connectivity index (χ0) is 21.6. The lowest BCUT2D eigenvalue weighted by atomic mass is 9.94. The first-order valence-corrected chi connectivity index (χ1v) is 10.1. The molecule has 2 aliphatic heterocycles. The Bertz CT molecular complexity index is 922. The molecule has 2 heterocycles. The van der Waals surface area contributed by atoms with Crippen molar-refractivity contribution in [2.45, 2.75) is 50.4 Å². The molecule has 2 aromatic rings. The van der Waals surface area contributed by atoms with E-state index in [1.165, 1.54) is 6.92 Å². The first kappa shape index (κ1) is 21.3. The number of amides is 1. The third kappa shape index (κ3) is 5.04. The van der Waals surface area contributed by atoms with Crippen LogP contribution in [0.3, 0.4) is 0 Å². The summed E-state index contributed by atoms with van der Waals surface area (Å²) in [5.74, 6) is -0.287. The van der Waals surface area contributed by atoms with Crippen molar-refractivity contribution < 1.29 is 23.7 Å². The Balaban J connectivity index is 1.61. The third-order valence-corrected chi connectivity index (χ3v) is 5.25. The number of hydrogen-bond acceptors (Lipinski definition) is 6. The van der Waals surface area contributed by atoms with E-state index in [1.807, 2.05) is 60.7 Å². The zero-order valence-electron chi connectivity index (χ0n) is 17.0. The molecule has 0 aromatic heterocycles. The van der Waals surface area contributed by atoms with Gasteiger partial charge in [-0.15, -0.1) is 0 Å². The van der Waals surface area contributed by atoms with Crippen LogP contribution >= 0.6 is 0 Å². The van der Waals surface area contributed by atoms with Gasteiger partial charge in [-0.25, -0.2) is 0 Å². The van der Waals surface area contributed by atoms with Crippen LogP contribution in [-0.2, 0) is 30.3 Å². The molecule has 0 spiro atoms. The average Bonchev–Trinajstić information content (AvgIpc) is 2.79. The van der Waals surface area contributed by atoms with Crippen molar-refractivity contribution in [2.24, 2.45) is 5.11 Å². The maximum absolute atomic E-state index is 11.9. The van der Waals surface area contributed by atoms with Gasteiger partial charge in [0.2, 0.25) is 5.91 Å². The molecule has 0 unspecified atom stereocenters. The molecule has 31 heavy (non-hydrogen) atoms. The van der Waals surface area contributed by atoms with E-state index < -0.39 is 36.9 Å². The summed E-state index contributed by atoms with van der Waals surface area (Å²) in [6.07, 6.45) is -3.21. The molecule has 2 aliphatic rings. The highest BCUT2D eigenvalue weighted by Crippen LogP contribution is 2.36. The largest absolute Gasteiger partial charge is 0.368 e. The van der Waals surface area contributed by atoms with Gasteiger partial charge in [-0.05, 0) is 11.1 Å². The summed E-state index contributed by atoms with van der Waals surface area (Å²) in [5, 5.41) is 6.56. The Morgan fingerprint density at radius 3 is 2.55 bits per heavy atom. The fraction of sp³-hybridized carbons (Fsp3) is 0.409. The molecule has 9 nitrogen and oxygen atoms in total. The molecule has 6 atom stereocenters. The number of carbonyl (C=O) groups is 1. The summed E-state index contributed by atoms with van der Waals surface area (Å²) >= 11 is 0. The smallest absolute Gasteiger partial charge is 0.217 e. The minimum absolute atomic E-state index is 0.236. The standard InChI is InChI=1S/C22H24N4O5/c1-14(27)24-18-20(28-12-15-8-4-2-5-9-15)19-17(30-21(18)25-26-23)13-29-22(31-19)16-10-6-3-7-11-16/h2-11,17-22H,12-13H2,1H3,(H,24,27)/t17-,18-,19-,20-,21-,22-/m1/s1. The Labute approximate surface area is 179 Å². The SMILES string of the molecule is CC(=O)N[C@@H]1[C@@H](OCc2ccccc2)[C@@H]2O[C@H](c3ccccc3)OC[C@H]2O[C@H]1N=[N+]=[N-]. The Morgan fingerprint density at radius 2 is 1.87 bits per heavy atom. The van der Waals surface area contributed by atoms with E-state index in [4.69, 9.17) is 24.5 Å². The summed E-state index contributed by atoms with van der Waals surface area (Å²) in [6.45, 7) is 1.93. The minimum atomic E-state index is -0.948. The van der Waals surface area contributed by atoms with Gasteiger partial charge in [-0.1, -0.05) is 65.8 Å². The number of nitrogens with one attached hydrogen (secondary N) is 1. The van der Waals surface area contributed by atoms with Gasteiger partial charge >= 0.3 is 0 Å². The molecule has 2 aromatic carbocycles. The average molecular weight is 424 g/mol. The predicted molar refractivity (Wildman–Crippen MR) is 110 cm³/mol. The van der Waals surface area contributed by atoms with Crippen LogP contribution in [0, 0.1) is 0 Å². The fourth-order valence-corrected chi connectivity index (χ4v) is 3.87. The molecule has 1 N–H and O–H groups in total. The van der Waals surface area contributed by atoms with Crippen LogP contribution in [0.15, 0.2) is 65.8 Å². The lowest BCUT2D eigenvalue weighted by Crippen LogP contribution is -2.66. The summed E-state index contributed by atoms with van der Waals surface area (Å²) in [7, 11) is 0. The highest BCUT2D eigenvalue weighted by molar-refractivity contribution is 5.73. The van der Waals surface area contributed by atoms with Crippen molar-refractivity contribution in [3.8, 4) is 0 Å². The van der Waals surface area contributed by atoms with Gasteiger partial charge in [0, 0.05) is 17.4 Å². The predicted octanol–water partition coefficient (Wildman–Crippen LogP) is 3.23. The Hall–Kier alpha value is -2.94. The molecule has 0 aliphatic carbocycles. The van der Waals surface area contributed by atoms with Crippen molar-refractivity contribution in [1.29, 1.82) is 0 Å². The van der Waals surface area contributed by atoms with Crippen LogP contribution in [0.2, 0.25) is 0 Å². The maximum atomic E-state index is 11.9. The zero-order valence-corrected chi connectivity index (χ0v) is 17.0. The molecule has 0 bridgehead atoms. The minimum Gasteiger partial charge on any atom is -0.368 e. The van der Waals surface area contributed by atoms with Gasteiger partial charge in [0.1, 0.15) is 18.3 Å². The van der Waals surface area contributed by atoms with Crippen molar-refractivity contribution in [1.82, 2.24) is 5.32 Å². The second-order valence-corrected chi connectivity index (χ2v) is 7.43. The number of fused-ring (bicyclic) bond motifs is 1. The van der Waals surface area contributed by atoms with E-state index in [1.54, 1.807) is 0 Å². The Morgan fingerprint density at radius 1 is 1.16 bits per heavy atom. The number of rotatable bonds is 6. The Kier molecular flexibility index (Phi) is 6.81. The summed E-state index contributed by atoms with van der Waals surface area (Å²) in [4.78, 5) is 14.8. The summed E-state index contributed by atoms with van der Waals surface area (Å²) in [6, 6.07) is 18.5.